The molecular formula is C15H30NO5P. The Balaban J connectivity index is 2.63. The molecule has 4 atom stereocenters. The number of hydrogen-bond acceptors (Lipinski definition) is 6. The monoisotopic (exact) mass is 335 g/mol. The first kappa shape index (κ1) is 19.8. The highest BCUT2D eigenvalue weighted by atomic mass is 31.2. The summed E-state index contributed by atoms with van der Waals surface area (Å²) in [7, 11) is 0.500. The second-order valence-corrected chi connectivity index (χ2v) is 7.77. The van der Waals surface area contributed by atoms with E-state index < -0.39 is 8.53 Å². The molecule has 0 saturated carbocycles. The quantitative estimate of drug-likeness (QED) is 0.502. The van der Waals surface area contributed by atoms with Crippen molar-refractivity contribution in [2.45, 2.75) is 65.8 Å². The number of hydrogen-bond donors (Lipinski definition) is 0. The molecule has 130 valence electrons. The Morgan fingerprint density at radius 2 is 1.91 bits per heavy atom. The Bertz CT molecular complexity index is 345. The lowest BCUT2D eigenvalue weighted by Crippen LogP contribution is -2.36. The van der Waals surface area contributed by atoms with Gasteiger partial charge in [0.1, 0.15) is 12.2 Å². The second-order valence-electron chi connectivity index (χ2n) is 6.21. The van der Waals surface area contributed by atoms with Crippen LogP contribution in [0.25, 0.3) is 0 Å². The van der Waals surface area contributed by atoms with Crippen LogP contribution in [-0.4, -0.2) is 55.3 Å². The van der Waals surface area contributed by atoms with Crippen molar-refractivity contribution in [2.24, 2.45) is 5.92 Å². The van der Waals surface area contributed by atoms with Crippen molar-refractivity contribution in [2.75, 3.05) is 20.3 Å². The van der Waals surface area contributed by atoms with E-state index in [1.165, 1.54) is 6.92 Å². The molecule has 0 amide bonds. The van der Waals surface area contributed by atoms with Gasteiger partial charge < -0.3 is 18.5 Å². The van der Waals surface area contributed by atoms with E-state index in [-0.39, 0.29) is 24.1 Å². The molecular weight excluding hydrogens is 305 g/mol. The minimum absolute atomic E-state index is 0.178. The van der Waals surface area contributed by atoms with E-state index in [1.807, 2.05) is 6.92 Å². The maximum absolute atomic E-state index is 11.2. The van der Waals surface area contributed by atoms with Gasteiger partial charge in [0.2, 0.25) is 0 Å². The summed E-state index contributed by atoms with van der Waals surface area (Å²) in [6.07, 6.45) is -0.488. The lowest BCUT2D eigenvalue weighted by atomic mass is 10.0. The summed E-state index contributed by atoms with van der Waals surface area (Å²) >= 11 is 0. The lowest BCUT2D eigenvalue weighted by Gasteiger charge is -2.35. The van der Waals surface area contributed by atoms with Crippen molar-refractivity contribution in [1.82, 2.24) is 4.67 Å². The van der Waals surface area contributed by atoms with E-state index in [2.05, 4.69) is 32.4 Å². The summed E-state index contributed by atoms with van der Waals surface area (Å²) in [5.74, 6) is -0.107. The predicted molar refractivity (Wildman–Crippen MR) is 86.5 cm³/mol. The molecule has 1 rings (SSSR count). The normalized spacial score (nSPS) is 26.9. The van der Waals surface area contributed by atoms with Gasteiger partial charge in [-0.2, -0.15) is 0 Å². The van der Waals surface area contributed by atoms with E-state index in [9.17, 15) is 4.79 Å². The van der Waals surface area contributed by atoms with Crippen molar-refractivity contribution < 1.29 is 23.3 Å². The fraction of sp³-hybridized carbons (Fsp3) is 0.933. The molecule has 22 heavy (non-hydrogen) atoms. The van der Waals surface area contributed by atoms with Gasteiger partial charge in [0, 0.05) is 32.0 Å². The zero-order valence-corrected chi connectivity index (χ0v) is 15.6. The molecule has 1 aliphatic rings. The van der Waals surface area contributed by atoms with Crippen LogP contribution in [0.15, 0.2) is 0 Å². The molecule has 0 aromatic rings. The van der Waals surface area contributed by atoms with Gasteiger partial charge in [-0.15, -0.1) is 0 Å². The lowest BCUT2D eigenvalue weighted by molar-refractivity contribution is -0.151. The van der Waals surface area contributed by atoms with E-state index in [4.69, 9.17) is 18.5 Å². The number of carbonyl (C=O) groups is 1. The van der Waals surface area contributed by atoms with Crippen LogP contribution in [-0.2, 0) is 23.3 Å². The smallest absolute Gasteiger partial charge is 0.303 e. The van der Waals surface area contributed by atoms with Crippen LogP contribution in [0.4, 0.5) is 0 Å². The maximum atomic E-state index is 11.2. The van der Waals surface area contributed by atoms with Crippen LogP contribution in [0.5, 0.6) is 0 Å². The molecule has 0 spiro atoms. The van der Waals surface area contributed by atoms with Crippen molar-refractivity contribution in [3.8, 4) is 0 Å². The van der Waals surface area contributed by atoms with Crippen LogP contribution >= 0.6 is 8.53 Å². The van der Waals surface area contributed by atoms with Crippen LogP contribution in [0.3, 0.4) is 0 Å². The molecule has 0 aromatic heterocycles. The van der Waals surface area contributed by atoms with Gasteiger partial charge in [0.15, 0.2) is 0 Å². The molecule has 0 radical (unpaired) electrons. The Kier molecular flexibility index (Phi) is 8.22. The number of carbonyl (C=O) groups excluding carboxylic acids is 1. The summed E-state index contributed by atoms with van der Waals surface area (Å²) in [6, 6.07) is 0.637. The van der Waals surface area contributed by atoms with E-state index >= 15 is 0 Å². The Labute approximate surface area is 135 Å². The van der Waals surface area contributed by atoms with Crippen molar-refractivity contribution in [3.05, 3.63) is 0 Å². The van der Waals surface area contributed by atoms with Gasteiger partial charge in [-0.3, -0.25) is 4.79 Å². The van der Waals surface area contributed by atoms with Crippen LogP contribution < -0.4 is 0 Å². The summed E-state index contributed by atoms with van der Waals surface area (Å²) in [5, 5.41) is 0. The first-order valence-corrected chi connectivity index (χ1v) is 8.95. The van der Waals surface area contributed by atoms with Crippen molar-refractivity contribution >= 4 is 14.5 Å². The molecule has 6 nitrogen and oxygen atoms in total. The van der Waals surface area contributed by atoms with E-state index in [0.717, 1.165) is 0 Å². The highest BCUT2D eigenvalue weighted by Gasteiger charge is 2.38. The van der Waals surface area contributed by atoms with E-state index in [0.29, 0.717) is 25.3 Å². The minimum Gasteiger partial charge on any atom is -0.459 e. The third-order valence-corrected chi connectivity index (χ3v) is 5.54. The Morgan fingerprint density at radius 1 is 1.32 bits per heavy atom. The third-order valence-electron chi connectivity index (χ3n) is 3.55. The fourth-order valence-electron chi connectivity index (χ4n) is 2.68. The second kappa shape index (κ2) is 9.14. The highest BCUT2D eigenvalue weighted by Crippen LogP contribution is 2.45. The largest absolute Gasteiger partial charge is 0.459 e. The van der Waals surface area contributed by atoms with Crippen LogP contribution in [0, 0.1) is 5.92 Å². The molecule has 1 aliphatic heterocycles. The van der Waals surface area contributed by atoms with E-state index in [1.54, 1.807) is 7.11 Å². The van der Waals surface area contributed by atoms with Crippen LogP contribution in [0.2, 0.25) is 0 Å². The zero-order chi connectivity index (χ0) is 16.9. The van der Waals surface area contributed by atoms with Gasteiger partial charge >= 0.3 is 5.97 Å². The minimum atomic E-state index is -1.16. The average Bonchev–Trinajstić information content (AvgIpc) is 2.74. The topological polar surface area (TPSA) is 57.2 Å². The fourth-order valence-corrected chi connectivity index (χ4v) is 4.14. The van der Waals surface area contributed by atoms with Gasteiger partial charge in [-0.05, 0) is 27.7 Å². The van der Waals surface area contributed by atoms with Gasteiger partial charge in [0.05, 0.1) is 13.2 Å². The van der Waals surface area contributed by atoms with Gasteiger partial charge in [0.25, 0.3) is 8.53 Å². The molecule has 0 aromatic carbocycles. The summed E-state index contributed by atoms with van der Waals surface area (Å²) in [5.41, 5.74) is 0. The average molecular weight is 335 g/mol. The summed E-state index contributed by atoms with van der Waals surface area (Å²) in [4.78, 5) is 11.2. The third kappa shape index (κ3) is 5.43. The van der Waals surface area contributed by atoms with Gasteiger partial charge in [-0.25, -0.2) is 4.67 Å². The molecule has 1 fully saturated rings. The number of nitrogens with zero attached hydrogens (tertiary/aromatic N) is 1. The molecule has 1 heterocycles. The SMILES string of the molecule is COP(OCC1OCC(C)C1OC(C)=O)N(C(C)C)C(C)C. The summed E-state index contributed by atoms with van der Waals surface area (Å²) in [6.45, 7) is 12.8. The van der Waals surface area contributed by atoms with Crippen molar-refractivity contribution in [1.29, 1.82) is 0 Å². The molecule has 7 heteroatoms. The molecule has 1 saturated heterocycles. The number of rotatable bonds is 8. The first-order chi connectivity index (χ1) is 10.3. The zero-order valence-electron chi connectivity index (χ0n) is 14.7. The maximum Gasteiger partial charge on any atom is 0.303 e. The summed E-state index contributed by atoms with van der Waals surface area (Å²) < 4.78 is 24.8. The Morgan fingerprint density at radius 3 is 2.36 bits per heavy atom. The number of ether oxygens (including phenoxy) is 2. The first-order valence-electron chi connectivity index (χ1n) is 7.82. The number of esters is 1. The van der Waals surface area contributed by atoms with Gasteiger partial charge in [-0.1, -0.05) is 6.92 Å². The predicted octanol–water partition coefficient (Wildman–Crippen LogP) is 2.96. The molecule has 0 N–H and O–H groups in total. The standard InChI is InChI=1S/C15H30NO5P/c1-10(2)16(11(3)4)22(18-7)20-9-14-15(21-13(6)17)12(5)8-19-14/h10-12,14-15H,8-9H2,1-7H3. The van der Waals surface area contributed by atoms with Crippen molar-refractivity contribution in [3.63, 3.8) is 0 Å². The van der Waals surface area contributed by atoms with Crippen LogP contribution in [0.1, 0.15) is 41.5 Å². The highest BCUT2D eigenvalue weighted by molar-refractivity contribution is 7.44. The molecule has 0 bridgehead atoms. The molecule has 4 unspecified atom stereocenters. The molecule has 0 aliphatic carbocycles. The Hall–Kier alpha value is -0.260.